The molecule has 3 nitrogen and oxygen atoms in total. The van der Waals surface area contributed by atoms with Crippen LogP contribution in [0.1, 0.15) is 52.0 Å². The largest absolute Gasteiger partial charge is 0.490 e. The molecule has 1 unspecified atom stereocenters. The van der Waals surface area contributed by atoms with Crippen molar-refractivity contribution in [1.29, 1.82) is 0 Å². The lowest BCUT2D eigenvalue weighted by atomic mass is 10.0. The Labute approximate surface area is 136 Å². The molecule has 0 saturated heterocycles. The zero-order valence-electron chi connectivity index (χ0n) is 14.5. The van der Waals surface area contributed by atoms with Gasteiger partial charge >= 0.3 is 0 Å². The molecule has 0 radical (unpaired) electrons. The first-order chi connectivity index (χ1) is 10.7. The normalized spacial score (nSPS) is 15.1. The second kappa shape index (κ2) is 9.04. The van der Waals surface area contributed by atoms with Crippen LogP contribution in [0, 0.1) is 0 Å². The Morgan fingerprint density at radius 1 is 1.18 bits per heavy atom. The van der Waals surface area contributed by atoms with Gasteiger partial charge in [-0.1, -0.05) is 32.8 Å². The van der Waals surface area contributed by atoms with Gasteiger partial charge in [0.25, 0.3) is 0 Å². The molecule has 3 heteroatoms. The standard InChI is InChI=1S/C19H32N2O/c1-4-6-11-21(12-7-5-2)16(3)14-17-8-9-19-18(15-17)20-10-13-22-19/h8-9,15-16,20H,4-7,10-14H2,1-3H3. The Balaban J connectivity index is 1.96. The number of benzene rings is 1. The lowest BCUT2D eigenvalue weighted by Crippen LogP contribution is -2.36. The molecule has 0 aromatic heterocycles. The fourth-order valence-corrected chi connectivity index (χ4v) is 3.06. The molecular formula is C19H32N2O. The van der Waals surface area contributed by atoms with Crippen LogP contribution >= 0.6 is 0 Å². The number of nitrogens with one attached hydrogen (secondary N) is 1. The maximum Gasteiger partial charge on any atom is 0.142 e. The predicted molar refractivity (Wildman–Crippen MR) is 95.0 cm³/mol. The van der Waals surface area contributed by atoms with Crippen LogP contribution in [0.2, 0.25) is 0 Å². The van der Waals surface area contributed by atoms with Crippen molar-refractivity contribution in [2.45, 2.75) is 58.9 Å². The molecule has 1 atom stereocenters. The van der Waals surface area contributed by atoms with Gasteiger partial charge < -0.3 is 15.0 Å². The summed E-state index contributed by atoms with van der Waals surface area (Å²) in [5.74, 6) is 0.997. The first-order valence-electron chi connectivity index (χ1n) is 8.98. The second-order valence-corrected chi connectivity index (χ2v) is 6.40. The molecule has 22 heavy (non-hydrogen) atoms. The van der Waals surface area contributed by atoms with E-state index in [1.807, 2.05) is 0 Å². The zero-order valence-corrected chi connectivity index (χ0v) is 14.5. The van der Waals surface area contributed by atoms with E-state index in [1.165, 1.54) is 44.3 Å². The molecule has 0 bridgehead atoms. The topological polar surface area (TPSA) is 24.5 Å². The molecule has 0 amide bonds. The Kier molecular flexibility index (Phi) is 7.04. The van der Waals surface area contributed by atoms with Gasteiger partial charge in [0.2, 0.25) is 0 Å². The fraction of sp³-hybridized carbons (Fsp3) is 0.684. The van der Waals surface area contributed by atoms with Crippen LogP contribution in [0.5, 0.6) is 5.75 Å². The van der Waals surface area contributed by atoms with Gasteiger partial charge in [-0.25, -0.2) is 0 Å². The molecule has 1 N–H and O–H groups in total. The fourth-order valence-electron chi connectivity index (χ4n) is 3.06. The number of anilines is 1. The van der Waals surface area contributed by atoms with Crippen LogP contribution in [0.4, 0.5) is 5.69 Å². The number of nitrogens with zero attached hydrogens (tertiary/aromatic N) is 1. The van der Waals surface area contributed by atoms with Crippen molar-refractivity contribution < 1.29 is 4.74 Å². The smallest absolute Gasteiger partial charge is 0.142 e. The lowest BCUT2D eigenvalue weighted by molar-refractivity contribution is 0.201. The third kappa shape index (κ3) is 4.91. The Hall–Kier alpha value is -1.22. The average molecular weight is 304 g/mol. The van der Waals surface area contributed by atoms with Crippen molar-refractivity contribution in [2.24, 2.45) is 0 Å². The summed E-state index contributed by atoms with van der Waals surface area (Å²) >= 11 is 0. The first-order valence-corrected chi connectivity index (χ1v) is 8.98. The summed E-state index contributed by atoms with van der Waals surface area (Å²) in [6, 6.07) is 7.20. The summed E-state index contributed by atoms with van der Waals surface area (Å²) in [5.41, 5.74) is 2.56. The summed E-state index contributed by atoms with van der Waals surface area (Å²) < 4.78 is 5.66. The van der Waals surface area contributed by atoms with E-state index in [4.69, 9.17) is 4.74 Å². The lowest BCUT2D eigenvalue weighted by Gasteiger charge is -2.29. The molecule has 1 heterocycles. The van der Waals surface area contributed by atoms with Crippen LogP contribution in [-0.2, 0) is 6.42 Å². The van der Waals surface area contributed by atoms with Crippen LogP contribution in [0.25, 0.3) is 0 Å². The van der Waals surface area contributed by atoms with Crippen molar-refractivity contribution >= 4 is 5.69 Å². The number of fused-ring (bicyclic) bond motifs is 1. The van der Waals surface area contributed by atoms with Gasteiger partial charge in [-0.2, -0.15) is 0 Å². The molecular weight excluding hydrogens is 272 g/mol. The highest BCUT2D eigenvalue weighted by Gasteiger charge is 2.15. The number of hydrogen-bond acceptors (Lipinski definition) is 3. The zero-order chi connectivity index (χ0) is 15.8. The average Bonchev–Trinajstić information content (AvgIpc) is 2.54. The SMILES string of the molecule is CCCCN(CCCC)C(C)Cc1ccc2c(c1)NCCO2. The molecule has 2 rings (SSSR count). The first kappa shape index (κ1) is 17.1. The van der Waals surface area contributed by atoms with Gasteiger partial charge in [-0.3, -0.25) is 0 Å². The molecule has 0 aliphatic carbocycles. The Morgan fingerprint density at radius 2 is 1.91 bits per heavy atom. The van der Waals surface area contributed by atoms with Gasteiger partial charge in [-0.05, 0) is 57.0 Å². The number of ether oxygens (including phenoxy) is 1. The molecule has 0 spiro atoms. The monoisotopic (exact) mass is 304 g/mol. The molecule has 0 saturated carbocycles. The molecule has 124 valence electrons. The third-order valence-corrected chi connectivity index (χ3v) is 4.47. The summed E-state index contributed by atoms with van der Waals surface area (Å²) in [6.45, 7) is 11.0. The van der Waals surface area contributed by atoms with Crippen LogP contribution in [0.15, 0.2) is 18.2 Å². The van der Waals surface area contributed by atoms with Gasteiger partial charge in [0, 0.05) is 12.6 Å². The highest BCUT2D eigenvalue weighted by Crippen LogP contribution is 2.28. The quantitative estimate of drug-likeness (QED) is 0.735. The van der Waals surface area contributed by atoms with Gasteiger partial charge in [0.15, 0.2) is 0 Å². The summed E-state index contributed by atoms with van der Waals surface area (Å²) in [4.78, 5) is 2.66. The molecule has 0 fully saturated rings. The van der Waals surface area contributed by atoms with E-state index in [0.717, 1.165) is 31.0 Å². The van der Waals surface area contributed by atoms with E-state index < -0.39 is 0 Å². The van der Waals surface area contributed by atoms with Crippen molar-refractivity contribution in [3.8, 4) is 5.75 Å². The minimum atomic E-state index is 0.598. The van der Waals surface area contributed by atoms with E-state index in [-0.39, 0.29) is 0 Å². The highest BCUT2D eigenvalue weighted by atomic mass is 16.5. The maximum absolute atomic E-state index is 5.66. The Bertz CT molecular complexity index is 439. The van der Waals surface area contributed by atoms with E-state index in [1.54, 1.807) is 0 Å². The van der Waals surface area contributed by atoms with Crippen molar-refractivity contribution in [3.05, 3.63) is 23.8 Å². The van der Waals surface area contributed by atoms with Crippen LogP contribution in [0.3, 0.4) is 0 Å². The maximum atomic E-state index is 5.66. The van der Waals surface area contributed by atoms with E-state index in [9.17, 15) is 0 Å². The van der Waals surface area contributed by atoms with E-state index >= 15 is 0 Å². The summed E-state index contributed by atoms with van der Waals surface area (Å²) in [6.07, 6.45) is 6.26. The molecule has 1 aliphatic rings. The van der Waals surface area contributed by atoms with Gasteiger partial charge in [-0.15, -0.1) is 0 Å². The number of hydrogen-bond donors (Lipinski definition) is 1. The minimum absolute atomic E-state index is 0.598. The van der Waals surface area contributed by atoms with Crippen molar-refractivity contribution in [1.82, 2.24) is 4.90 Å². The summed E-state index contributed by atoms with van der Waals surface area (Å²) in [7, 11) is 0. The van der Waals surface area contributed by atoms with Crippen molar-refractivity contribution in [2.75, 3.05) is 31.6 Å². The predicted octanol–water partition coefficient (Wildman–Crippen LogP) is 4.32. The molecule has 1 aromatic rings. The number of rotatable bonds is 9. The molecule has 1 aromatic carbocycles. The number of unbranched alkanes of at least 4 members (excludes halogenated alkanes) is 2. The highest BCUT2D eigenvalue weighted by molar-refractivity contribution is 5.59. The summed E-state index contributed by atoms with van der Waals surface area (Å²) in [5, 5.41) is 3.44. The van der Waals surface area contributed by atoms with E-state index in [0.29, 0.717) is 6.04 Å². The second-order valence-electron chi connectivity index (χ2n) is 6.40. The van der Waals surface area contributed by atoms with Gasteiger partial charge in [0.05, 0.1) is 5.69 Å². The van der Waals surface area contributed by atoms with Crippen molar-refractivity contribution in [3.63, 3.8) is 0 Å². The third-order valence-electron chi connectivity index (χ3n) is 4.47. The Morgan fingerprint density at radius 3 is 2.59 bits per heavy atom. The van der Waals surface area contributed by atoms with Crippen LogP contribution in [-0.4, -0.2) is 37.2 Å². The van der Waals surface area contributed by atoms with Gasteiger partial charge in [0.1, 0.15) is 12.4 Å². The van der Waals surface area contributed by atoms with Crippen LogP contribution < -0.4 is 10.1 Å². The van der Waals surface area contributed by atoms with E-state index in [2.05, 4.69) is 49.2 Å². The molecule has 1 aliphatic heterocycles. The minimum Gasteiger partial charge on any atom is -0.490 e.